The van der Waals surface area contributed by atoms with Crippen LogP contribution in [-0.2, 0) is 0 Å². The van der Waals surface area contributed by atoms with E-state index in [1.807, 2.05) is 12.1 Å². The van der Waals surface area contributed by atoms with Crippen LogP contribution in [0.4, 0.5) is 5.69 Å². The van der Waals surface area contributed by atoms with Crippen LogP contribution in [0.5, 0.6) is 11.5 Å². The Hall–Kier alpha value is -2.08. The number of aromatic nitrogens is 2. The minimum atomic E-state index is 0.331. The molecule has 0 aliphatic heterocycles. The van der Waals surface area contributed by atoms with E-state index in [0.717, 1.165) is 15.8 Å². The molecule has 1 aromatic heterocycles. The summed E-state index contributed by atoms with van der Waals surface area (Å²) in [5.74, 6) is 1.68. The second-order valence-corrected chi connectivity index (χ2v) is 5.97. The summed E-state index contributed by atoms with van der Waals surface area (Å²) in [4.78, 5) is 0. The molecule has 0 radical (unpaired) electrons. The van der Waals surface area contributed by atoms with E-state index < -0.39 is 0 Å². The molecular formula is C15H14BrN3O2. The fraction of sp³-hybridized carbons (Fsp3) is 0.200. The fourth-order valence-electron chi connectivity index (χ4n) is 2.13. The molecule has 0 aliphatic carbocycles. The molecule has 1 heterocycles. The van der Waals surface area contributed by atoms with E-state index in [-0.39, 0.29) is 0 Å². The average molecular weight is 348 g/mol. The number of hydrogen-bond acceptors (Lipinski definition) is 5. The Morgan fingerprint density at radius 2 is 1.81 bits per heavy atom. The monoisotopic (exact) mass is 347 g/mol. The normalized spacial score (nSPS) is 11.2. The summed E-state index contributed by atoms with van der Waals surface area (Å²) < 4.78 is 11.8. The molecule has 0 fully saturated rings. The predicted octanol–water partition coefficient (Wildman–Crippen LogP) is 4.48. The summed E-state index contributed by atoms with van der Waals surface area (Å²) in [5, 5.41) is 7.66. The van der Waals surface area contributed by atoms with Crippen molar-refractivity contribution in [2.75, 3.05) is 5.73 Å². The zero-order valence-corrected chi connectivity index (χ0v) is 13.2. The van der Waals surface area contributed by atoms with Crippen LogP contribution in [0.3, 0.4) is 0 Å². The van der Waals surface area contributed by atoms with Gasteiger partial charge in [0, 0.05) is 4.47 Å². The van der Waals surface area contributed by atoms with Gasteiger partial charge in [-0.15, -0.1) is 0 Å². The number of nitrogen functional groups attached to an aromatic ring is 1. The molecule has 2 aromatic carbocycles. The van der Waals surface area contributed by atoms with Gasteiger partial charge < -0.3 is 10.5 Å². The van der Waals surface area contributed by atoms with Crippen molar-refractivity contribution in [3.05, 3.63) is 40.4 Å². The Bertz CT molecular complexity index is 799. The maximum absolute atomic E-state index is 6.01. The molecule has 21 heavy (non-hydrogen) atoms. The van der Waals surface area contributed by atoms with E-state index in [1.165, 1.54) is 0 Å². The standard InChI is InChI=1S/C15H14BrN3O2/c1-8(2)10-7-9(16)3-5-12(10)20-13-6-4-11(17)14-15(13)19-21-18-14/h3-8H,17H2,1-2H3. The Morgan fingerprint density at radius 1 is 1.10 bits per heavy atom. The highest BCUT2D eigenvalue weighted by Crippen LogP contribution is 2.36. The first-order valence-corrected chi connectivity index (χ1v) is 7.33. The molecule has 0 bridgehead atoms. The van der Waals surface area contributed by atoms with Gasteiger partial charge in [-0.25, -0.2) is 4.63 Å². The maximum Gasteiger partial charge on any atom is 0.179 e. The molecule has 2 N–H and O–H groups in total. The van der Waals surface area contributed by atoms with E-state index >= 15 is 0 Å². The van der Waals surface area contributed by atoms with Crippen LogP contribution in [0.15, 0.2) is 39.4 Å². The van der Waals surface area contributed by atoms with Gasteiger partial charge in [0.15, 0.2) is 16.8 Å². The molecule has 0 unspecified atom stereocenters. The first-order valence-electron chi connectivity index (χ1n) is 6.54. The van der Waals surface area contributed by atoms with E-state index in [9.17, 15) is 0 Å². The lowest BCUT2D eigenvalue weighted by Crippen LogP contribution is -1.95. The van der Waals surface area contributed by atoms with Crippen LogP contribution in [0.2, 0.25) is 0 Å². The summed E-state index contributed by atoms with van der Waals surface area (Å²) in [5.41, 5.74) is 8.48. The van der Waals surface area contributed by atoms with Crippen molar-refractivity contribution < 1.29 is 9.37 Å². The zero-order chi connectivity index (χ0) is 15.0. The molecule has 108 valence electrons. The average Bonchev–Trinajstić information content (AvgIpc) is 2.94. The van der Waals surface area contributed by atoms with Gasteiger partial charge in [0.2, 0.25) is 0 Å². The summed E-state index contributed by atoms with van der Waals surface area (Å²) >= 11 is 3.48. The number of fused-ring (bicyclic) bond motifs is 1. The molecule has 0 amide bonds. The van der Waals surface area contributed by atoms with Crippen LogP contribution in [0.25, 0.3) is 11.0 Å². The third-order valence-corrected chi connectivity index (χ3v) is 3.72. The highest BCUT2D eigenvalue weighted by molar-refractivity contribution is 9.10. The van der Waals surface area contributed by atoms with E-state index in [0.29, 0.717) is 28.4 Å². The lowest BCUT2D eigenvalue weighted by molar-refractivity contribution is 0.314. The zero-order valence-electron chi connectivity index (χ0n) is 11.6. The van der Waals surface area contributed by atoms with Crippen LogP contribution in [0.1, 0.15) is 25.3 Å². The van der Waals surface area contributed by atoms with Gasteiger partial charge in [0.1, 0.15) is 5.75 Å². The van der Waals surface area contributed by atoms with Crippen LogP contribution >= 0.6 is 15.9 Å². The Balaban J connectivity index is 2.07. The van der Waals surface area contributed by atoms with Crippen molar-refractivity contribution in [1.29, 1.82) is 0 Å². The lowest BCUT2D eigenvalue weighted by atomic mass is 10.0. The van der Waals surface area contributed by atoms with Crippen molar-refractivity contribution in [3.63, 3.8) is 0 Å². The predicted molar refractivity (Wildman–Crippen MR) is 84.5 cm³/mol. The Morgan fingerprint density at radius 3 is 2.57 bits per heavy atom. The van der Waals surface area contributed by atoms with Crippen LogP contribution < -0.4 is 10.5 Å². The van der Waals surface area contributed by atoms with Gasteiger partial charge in [-0.1, -0.05) is 29.8 Å². The summed E-state index contributed by atoms with van der Waals surface area (Å²) in [6, 6.07) is 9.42. The first kappa shape index (κ1) is 13.9. The highest BCUT2D eigenvalue weighted by atomic mass is 79.9. The van der Waals surface area contributed by atoms with Gasteiger partial charge in [0.05, 0.1) is 5.69 Å². The minimum absolute atomic E-state index is 0.331. The molecular weight excluding hydrogens is 334 g/mol. The number of halogens is 1. The van der Waals surface area contributed by atoms with Gasteiger partial charge in [-0.2, -0.15) is 0 Å². The molecule has 0 aliphatic rings. The molecule has 3 aromatic rings. The van der Waals surface area contributed by atoms with E-state index in [4.69, 9.17) is 15.1 Å². The van der Waals surface area contributed by atoms with Gasteiger partial charge >= 0.3 is 0 Å². The fourth-order valence-corrected chi connectivity index (χ4v) is 2.51. The van der Waals surface area contributed by atoms with Gasteiger partial charge in [-0.3, -0.25) is 0 Å². The number of nitrogens with two attached hydrogens (primary N) is 1. The SMILES string of the molecule is CC(C)c1cc(Br)ccc1Oc1ccc(N)c2nonc12. The Kier molecular flexibility index (Phi) is 3.55. The van der Waals surface area contributed by atoms with E-state index in [1.54, 1.807) is 12.1 Å². The molecule has 3 rings (SSSR count). The summed E-state index contributed by atoms with van der Waals surface area (Å²) in [6.07, 6.45) is 0. The topological polar surface area (TPSA) is 74.2 Å². The molecule has 6 heteroatoms. The van der Waals surface area contributed by atoms with E-state index in [2.05, 4.69) is 46.2 Å². The van der Waals surface area contributed by atoms with Crippen molar-refractivity contribution in [2.45, 2.75) is 19.8 Å². The number of hydrogen-bond donors (Lipinski definition) is 1. The highest BCUT2D eigenvalue weighted by Gasteiger charge is 2.15. The summed E-state index contributed by atoms with van der Waals surface area (Å²) in [6.45, 7) is 4.23. The van der Waals surface area contributed by atoms with Crippen molar-refractivity contribution in [2.24, 2.45) is 0 Å². The minimum Gasteiger partial charge on any atom is -0.455 e. The van der Waals surface area contributed by atoms with Crippen LogP contribution in [-0.4, -0.2) is 10.3 Å². The number of rotatable bonds is 3. The third kappa shape index (κ3) is 2.58. The number of ether oxygens (including phenoxy) is 1. The molecule has 0 saturated carbocycles. The largest absolute Gasteiger partial charge is 0.455 e. The maximum atomic E-state index is 6.01. The molecule has 0 saturated heterocycles. The van der Waals surface area contributed by atoms with Crippen molar-refractivity contribution in [3.8, 4) is 11.5 Å². The number of benzene rings is 2. The number of nitrogens with zero attached hydrogens (tertiary/aromatic N) is 2. The smallest absolute Gasteiger partial charge is 0.179 e. The quantitative estimate of drug-likeness (QED) is 0.706. The molecule has 5 nitrogen and oxygen atoms in total. The van der Waals surface area contributed by atoms with Gasteiger partial charge in [0.25, 0.3) is 0 Å². The molecule has 0 atom stereocenters. The summed E-state index contributed by atoms with van der Waals surface area (Å²) in [7, 11) is 0. The Labute approximate surface area is 130 Å². The third-order valence-electron chi connectivity index (χ3n) is 3.22. The second-order valence-electron chi connectivity index (χ2n) is 5.05. The second kappa shape index (κ2) is 5.37. The van der Waals surface area contributed by atoms with Crippen LogP contribution in [0, 0.1) is 0 Å². The lowest BCUT2D eigenvalue weighted by Gasteiger charge is -2.14. The number of anilines is 1. The first-order chi connectivity index (χ1) is 10.1. The van der Waals surface area contributed by atoms with Crippen molar-refractivity contribution in [1.82, 2.24) is 10.3 Å². The van der Waals surface area contributed by atoms with Crippen molar-refractivity contribution >= 4 is 32.7 Å². The molecule has 0 spiro atoms. The van der Waals surface area contributed by atoms with Gasteiger partial charge in [-0.05, 0) is 52.1 Å².